The molecule has 1 aliphatic carbocycles. The normalized spacial score (nSPS) is 17.1. The van der Waals surface area contributed by atoms with Gasteiger partial charge in [-0.3, -0.25) is 9.48 Å². The maximum Gasteiger partial charge on any atom is 0.410 e. The predicted molar refractivity (Wildman–Crippen MR) is 132 cm³/mol. The molecule has 5 rings (SSSR count). The number of carbonyl (C=O) groups excluding carboxylic acids is 2. The van der Waals surface area contributed by atoms with E-state index in [1.54, 1.807) is 27.4 Å². The number of nitrogens with zero attached hydrogens (tertiary/aromatic N) is 5. The van der Waals surface area contributed by atoms with E-state index in [9.17, 15) is 9.59 Å². The van der Waals surface area contributed by atoms with Gasteiger partial charge in [0.15, 0.2) is 11.6 Å². The van der Waals surface area contributed by atoms with Crippen LogP contribution >= 0.6 is 0 Å². The number of hydrogen-bond acceptors (Lipinski definition) is 7. The number of rotatable bonds is 7. The number of ether oxygens (including phenoxy) is 3. The van der Waals surface area contributed by atoms with Gasteiger partial charge in [0.25, 0.3) is 0 Å². The number of likely N-dealkylation sites (tertiary alicyclic amines) is 1. The van der Waals surface area contributed by atoms with Gasteiger partial charge >= 0.3 is 6.09 Å². The van der Waals surface area contributed by atoms with Gasteiger partial charge in [-0.05, 0) is 45.7 Å². The van der Waals surface area contributed by atoms with Crippen molar-refractivity contribution in [3.05, 3.63) is 30.6 Å². The van der Waals surface area contributed by atoms with E-state index in [0.717, 1.165) is 29.6 Å². The monoisotopic (exact) mass is 496 g/mol. The molecule has 3 aromatic rings. The Hall–Kier alpha value is -3.60. The van der Waals surface area contributed by atoms with Gasteiger partial charge in [0, 0.05) is 37.9 Å². The number of carbonyl (C=O) groups is 2. The highest BCUT2D eigenvalue weighted by Crippen LogP contribution is 2.34. The van der Waals surface area contributed by atoms with Gasteiger partial charge in [-0.1, -0.05) is 0 Å². The van der Waals surface area contributed by atoms with Crippen molar-refractivity contribution in [2.75, 3.05) is 32.1 Å². The first-order valence-electron chi connectivity index (χ1n) is 12.0. The Morgan fingerprint density at radius 3 is 2.64 bits per heavy atom. The molecule has 2 fully saturated rings. The van der Waals surface area contributed by atoms with Crippen molar-refractivity contribution in [3.8, 4) is 17.0 Å². The summed E-state index contributed by atoms with van der Waals surface area (Å²) < 4.78 is 20.8. The molecule has 0 bridgehead atoms. The molecule has 2 amide bonds. The van der Waals surface area contributed by atoms with Crippen molar-refractivity contribution in [3.63, 3.8) is 0 Å². The Balaban J connectivity index is 1.28. The van der Waals surface area contributed by atoms with Crippen LogP contribution < -0.4 is 10.1 Å². The molecule has 3 aromatic heterocycles. The zero-order chi connectivity index (χ0) is 25.7. The Morgan fingerprint density at radius 1 is 1.22 bits per heavy atom. The zero-order valence-electron chi connectivity index (χ0n) is 21.3. The second-order valence-corrected chi connectivity index (χ2v) is 10.6. The van der Waals surface area contributed by atoms with E-state index in [1.807, 2.05) is 52.2 Å². The van der Waals surface area contributed by atoms with Crippen LogP contribution in [0.3, 0.4) is 0 Å². The molecule has 1 saturated heterocycles. The largest absolute Gasteiger partial charge is 0.486 e. The second-order valence-electron chi connectivity index (χ2n) is 10.6. The number of hydrogen-bond donors (Lipinski definition) is 1. The lowest BCUT2D eigenvalue weighted by Gasteiger charge is -2.48. The van der Waals surface area contributed by atoms with Crippen LogP contribution in [0.25, 0.3) is 16.8 Å². The molecule has 1 saturated carbocycles. The highest BCUT2D eigenvalue weighted by Gasteiger charge is 2.48. The minimum Gasteiger partial charge on any atom is -0.486 e. The first kappa shape index (κ1) is 24.1. The molecule has 2 aliphatic rings. The number of aryl methyl sites for hydroxylation is 1. The van der Waals surface area contributed by atoms with Crippen molar-refractivity contribution in [1.82, 2.24) is 24.3 Å². The molecule has 36 heavy (non-hydrogen) atoms. The second kappa shape index (κ2) is 8.81. The van der Waals surface area contributed by atoms with Crippen LogP contribution in [0, 0.1) is 5.92 Å². The summed E-state index contributed by atoms with van der Waals surface area (Å²) in [5.74, 6) is 1.28. The molecular weight excluding hydrogens is 464 g/mol. The van der Waals surface area contributed by atoms with Crippen LogP contribution in [0.4, 0.5) is 10.6 Å². The molecule has 0 radical (unpaired) electrons. The summed E-state index contributed by atoms with van der Waals surface area (Å²) in [6.45, 7) is 6.54. The number of fused-ring (bicyclic) bond motifs is 1. The van der Waals surface area contributed by atoms with E-state index in [4.69, 9.17) is 14.2 Å². The standard InChI is InChI=1S/C25H32N6O5/c1-24(2,3)36-23(33)30-13-25(14-30,34-5)15-35-19-12-26-29(4)21(19)17-8-9-31-18(10-17)11-20(28-31)27-22(32)16-6-7-16/h8-12,16H,6-7,13-15H2,1-5H3,(H,27,28,32). The lowest BCUT2D eigenvalue weighted by molar-refractivity contribution is -0.138. The first-order chi connectivity index (χ1) is 17.1. The Kier molecular flexibility index (Phi) is 5.90. The summed E-state index contributed by atoms with van der Waals surface area (Å²) in [7, 11) is 3.47. The lowest BCUT2D eigenvalue weighted by Crippen LogP contribution is -2.67. The SMILES string of the molecule is COC1(COc2cnn(C)c2-c2ccn3nc(NC(=O)C4CC4)cc3c2)CN(C(=O)OC(C)(C)C)C1. The number of pyridine rings is 1. The summed E-state index contributed by atoms with van der Waals surface area (Å²) in [4.78, 5) is 26.0. The van der Waals surface area contributed by atoms with Crippen LogP contribution in [-0.4, -0.2) is 74.3 Å². The molecule has 4 heterocycles. The van der Waals surface area contributed by atoms with E-state index in [-0.39, 0.29) is 24.5 Å². The predicted octanol–water partition coefficient (Wildman–Crippen LogP) is 3.10. The maximum absolute atomic E-state index is 12.3. The quantitative estimate of drug-likeness (QED) is 0.535. The van der Waals surface area contributed by atoms with E-state index < -0.39 is 11.2 Å². The molecule has 11 heteroatoms. The van der Waals surface area contributed by atoms with Crippen molar-refractivity contribution < 1.29 is 23.8 Å². The van der Waals surface area contributed by atoms with Crippen LogP contribution in [0.15, 0.2) is 30.6 Å². The fourth-order valence-electron chi connectivity index (χ4n) is 4.22. The topological polar surface area (TPSA) is 112 Å². The molecule has 1 N–H and O–H groups in total. The number of aromatic nitrogens is 4. The Morgan fingerprint density at radius 2 is 1.97 bits per heavy atom. The summed E-state index contributed by atoms with van der Waals surface area (Å²) >= 11 is 0. The Bertz CT molecular complexity index is 1300. The molecular formula is C25H32N6O5. The van der Waals surface area contributed by atoms with Crippen LogP contribution in [-0.2, 0) is 21.3 Å². The van der Waals surface area contributed by atoms with Gasteiger partial charge in [0.1, 0.15) is 23.5 Å². The summed E-state index contributed by atoms with van der Waals surface area (Å²) in [5, 5.41) is 11.7. The number of methoxy groups -OCH3 is 1. The molecule has 0 atom stereocenters. The summed E-state index contributed by atoms with van der Waals surface area (Å²) in [6.07, 6.45) is 5.03. The van der Waals surface area contributed by atoms with Gasteiger partial charge in [-0.2, -0.15) is 10.2 Å². The van der Waals surface area contributed by atoms with Crippen molar-refractivity contribution in [1.29, 1.82) is 0 Å². The highest BCUT2D eigenvalue weighted by molar-refractivity contribution is 5.93. The molecule has 1 aliphatic heterocycles. The average Bonchev–Trinajstić information content (AvgIpc) is 3.46. The van der Waals surface area contributed by atoms with Crippen LogP contribution in [0.1, 0.15) is 33.6 Å². The number of anilines is 1. The third kappa shape index (κ3) is 4.88. The van der Waals surface area contributed by atoms with E-state index in [1.165, 1.54) is 0 Å². The van der Waals surface area contributed by atoms with Gasteiger partial charge in [0.2, 0.25) is 5.91 Å². The minimum atomic E-state index is -0.617. The zero-order valence-corrected chi connectivity index (χ0v) is 21.3. The highest BCUT2D eigenvalue weighted by atomic mass is 16.6. The maximum atomic E-state index is 12.3. The van der Waals surface area contributed by atoms with Gasteiger partial charge in [-0.25, -0.2) is 9.31 Å². The van der Waals surface area contributed by atoms with E-state index >= 15 is 0 Å². The van der Waals surface area contributed by atoms with Gasteiger partial charge < -0.3 is 24.4 Å². The van der Waals surface area contributed by atoms with Crippen molar-refractivity contribution in [2.45, 2.75) is 44.8 Å². The summed E-state index contributed by atoms with van der Waals surface area (Å²) in [5.41, 5.74) is 1.37. The number of amides is 2. The third-order valence-electron chi connectivity index (χ3n) is 6.37. The molecule has 0 spiro atoms. The minimum absolute atomic E-state index is 0.0225. The summed E-state index contributed by atoms with van der Waals surface area (Å²) in [6, 6.07) is 5.75. The van der Waals surface area contributed by atoms with E-state index in [2.05, 4.69) is 15.5 Å². The Labute approximate surface area is 209 Å². The fourth-order valence-corrected chi connectivity index (χ4v) is 4.22. The molecule has 0 aromatic carbocycles. The number of nitrogens with one attached hydrogen (secondary N) is 1. The van der Waals surface area contributed by atoms with Crippen LogP contribution in [0.5, 0.6) is 5.75 Å². The molecule has 11 nitrogen and oxygen atoms in total. The fraction of sp³-hybridized carbons (Fsp3) is 0.520. The molecule has 192 valence electrons. The average molecular weight is 497 g/mol. The first-order valence-corrected chi connectivity index (χ1v) is 12.0. The van der Waals surface area contributed by atoms with Gasteiger partial charge in [0.05, 0.1) is 24.8 Å². The lowest BCUT2D eigenvalue weighted by atomic mass is 9.95. The smallest absolute Gasteiger partial charge is 0.410 e. The van der Waals surface area contributed by atoms with Gasteiger partial charge in [-0.15, -0.1) is 0 Å². The van der Waals surface area contributed by atoms with Crippen molar-refractivity contribution in [2.24, 2.45) is 13.0 Å². The molecule has 0 unspecified atom stereocenters. The van der Waals surface area contributed by atoms with Crippen molar-refractivity contribution >= 4 is 23.3 Å². The van der Waals surface area contributed by atoms with E-state index in [0.29, 0.717) is 24.7 Å². The van der Waals surface area contributed by atoms with Crippen LogP contribution in [0.2, 0.25) is 0 Å². The third-order valence-corrected chi connectivity index (χ3v) is 6.37.